The van der Waals surface area contributed by atoms with Crippen LogP contribution in [-0.4, -0.2) is 49.3 Å². The number of ether oxygens (including phenoxy) is 2. The van der Waals surface area contributed by atoms with Crippen molar-refractivity contribution >= 4 is 19.8 Å². The van der Waals surface area contributed by atoms with E-state index in [2.05, 4.69) is 50.3 Å². The van der Waals surface area contributed by atoms with Gasteiger partial charge in [0.05, 0.1) is 13.2 Å². The lowest BCUT2D eigenvalue weighted by molar-refractivity contribution is -0.161. The van der Waals surface area contributed by atoms with Crippen LogP contribution in [-0.2, 0) is 32.7 Å². The van der Waals surface area contributed by atoms with Crippen molar-refractivity contribution in [2.75, 3.05) is 26.4 Å². The van der Waals surface area contributed by atoms with E-state index in [1.807, 2.05) is 0 Å². The van der Waals surface area contributed by atoms with Gasteiger partial charge >= 0.3 is 19.8 Å². The molecule has 0 aromatic heterocycles. The summed E-state index contributed by atoms with van der Waals surface area (Å²) in [5.41, 5.74) is 5.34. The maximum atomic E-state index is 12.5. The Labute approximate surface area is 312 Å². The Bertz CT molecular complexity index is 939. The van der Waals surface area contributed by atoms with Crippen molar-refractivity contribution in [3.05, 3.63) is 36.5 Å². The van der Waals surface area contributed by atoms with Gasteiger partial charge in [0.25, 0.3) is 0 Å². The molecule has 0 saturated carbocycles. The van der Waals surface area contributed by atoms with Crippen molar-refractivity contribution in [1.82, 2.24) is 0 Å². The van der Waals surface area contributed by atoms with Gasteiger partial charge < -0.3 is 20.1 Å². The molecule has 10 heteroatoms. The van der Waals surface area contributed by atoms with E-state index in [0.29, 0.717) is 6.42 Å². The summed E-state index contributed by atoms with van der Waals surface area (Å²) in [6.07, 6.45) is 40.3. The number of rotatable bonds is 38. The highest BCUT2D eigenvalue weighted by Crippen LogP contribution is 2.43. The molecule has 0 radical (unpaired) electrons. The largest absolute Gasteiger partial charge is 0.472 e. The normalized spacial score (nSPS) is 13.7. The average Bonchev–Trinajstić information content (AvgIpc) is 3.11. The summed E-state index contributed by atoms with van der Waals surface area (Å²) in [7, 11) is -4.38. The van der Waals surface area contributed by atoms with Gasteiger partial charge in [-0.25, -0.2) is 4.57 Å². The molecule has 1 unspecified atom stereocenters. The Kier molecular flexibility index (Phi) is 36.7. The second-order valence-corrected chi connectivity index (χ2v) is 14.9. The summed E-state index contributed by atoms with van der Waals surface area (Å²) in [4.78, 5) is 34.8. The zero-order valence-corrected chi connectivity index (χ0v) is 33.5. The number of unbranched alkanes of at least 4 members (excludes halogenated alkanes) is 19. The van der Waals surface area contributed by atoms with Crippen LogP contribution >= 0.6 is 7.82 Å². The molecule has 0 aromatic rings. The van der Waals surface area contributed by atoms with Gasteiger partial charge in [0.2, 0.25) is 0 Å². The predicted molar refractivity (Wildman–Crippen MR) is 210 cm³/mol. The Morgan fingerprint density at radius 3 is 1.61 bits per heavy atom. The molecule has 0 aliphatic heterocycles. The average molecular weight is 742 g/mol. The molecule has 9 nitrogen and oxygen atoms in total. The van der Waals surface area contributed by atoms with Crippen molar-refractivity contribution in [2.24, 2.45) is 5.73 Å². The molecule has 0 bridgehead atoms. The molecule has 0 saturated heterocycles. The molecule has 0 spiro atoms. The van der Waals surface area contributed by atoms with E-state index in [0.717, 1.165) is 70.6 Å². The lowest BCUT2D eigenvalue weighted by Crippen LogP contribution is -2.29. The summed E-state index contributed by atoms with van der Waals surface area (Å²) in [5.74, 6) is -0.845. The van der Waals surface area contributed by atoms with Gasteiger partial charge in [-0.2, -0.15) is 0 Å². The number of allylic oxidation sites excluding steroid dienone is 6. The number of phosphoric acid groups is 1. The van der Waals surface area contributed by atoms with Crippen molar-refractivity contribution in [3.8, 4) is 0 Å². The predicted octanol–water partition coefficient (Wildman–Crippen LogP) is 11.4. The number of carbonyl (C=O) groups excluding carboxylic acids is 2. The quantitative estimate of drug-likeness (QED) is 0.0274. The third kappa shape index (κ3) is 37.8. The first-order valence-corrected chi connectivity index (χ1v) is 22.0. The van der Waals surface area contributed by atoms with Crippen LogP contribution in [0, 0.1) is 0 Å². The lowest BCUT2D eigenvalue weighted by Gasteiger charge is -2.19. The highest BCUT2D eigenvalue weighted by Gasteiger charge is 2.26. The van der Waals surface area contributed by atoms with Crippen molar-refractivity contribution in [2.45, 2.75) is 187 Å². The molecule has 0 aromatic carbocycles. The number of carbonyl (C=O) groups is 2. The summed E-state index contributed by atoms with van der Waals surface area (Å²) in [6.45, 7) is 3.60. The highest BCUT2D eigenvalue weighted by atomic mass is 31.2. The fourth-order valence-electron chi connectivity index (χ4n) is 5.53. The second kappa shape index (κ2) is 38.0. The van der Waals surface area contributed by atoms with E-state index in [4.69, 9.17) is 24.3 Å². The second-order valence-electron chi connectivity index (χ2n) is 13.5. The van der Waals surface area contributed by atoms with E-state index in [9.17, 15) is 19.0 Å². The van der Waals surface area contributed by atoms with E-state index < -0.39 is 26.5 Å². The summed E-state index contributed by atoms with van der Waals surface area (Å²) < 4.78 is 32.7. The fourth-order valence-corrected chi connectivity index (χ4v) is 6.30. The number of hydrogen-bond donors (Lipinski definition) is 2. The van der Waals surface area contributed by atoms with Gasteiger partial charge in [-0.15, -0.1) is 0 Å². The van der Waals surface area contributed by atoms with Crippen LogP contribution in [0.4, 0.5) is 0 Å². The standard InChI is InChI=1S/C41H76NO8P/c1-3-5-7-9-11-13-15-17-19-21-23-25-27-29-31-33-40(43)47-37-39(38-49-51(45,46)48-36-35-42)50-41(44)34-32-30-28-26-24-22-20-18-16-14-12-10-8-6-4-2/h6,8,12,14,18,20,39H,3-5,7,9-11,13,15-17,19,21-38,42H2,1-2H3,(H,45,46)/b8-6+,14-12+,20-18+/t39-/m1/s1. The zero-order valence-electron chi connectivity index (χ0n) is 32.6. The van der Waals surface area contributed by atoms with Crippen molar-refractivity contribution in [1.29, 1.82) is 0 Å². The fraction of sp³-hybridized carbons (Fsp3) is 0.805. The Hall–Kier alpha value is -1.77. The Balaban J connectivity index is 4.20. The third-order valence-electron chi connectivity index (χ3n) is 8.54. The van der Waals surface area contributed by atoms with E-state index in [-0.39, 0.29) is 38.6 Å². The number of hydrogen-bond acceptors (Lipinski definition) is 8. The molecule has 2 atom stereocenters. The van der Waals surface area contributed by atoms with Crippen LogP contribution < -0.4 is 5.73 Å². The molecule has 0 rings (SSSR count). The van der Waals surface area contributed by atoms with Crippen molar-refractivity contribution < 1.29 is 37.6 Å². The van der Waals surface area contributed by atoms with Crippen LogP contribution in [0.5, 0.6) is 0 Å². The van der Waals surface area contributed by atoms with E-state index >= 15 is 0 Å². The smallest absolute Gasteiger partial charge is 0.462 e. The van der Waals surface area contributed by atoms with Gasteiger partial charge in [0, 0.05) is 19.4 Å². The minimum Gasteiger partial charge on any atom is -0.462 e. The molecule has 0 aliphatic rings. The first-order valence-electron chi connectivity index (χ1n) is 20.5. The first kappa shape index (κ1) is 49.2. The molecule has 51 heavy (non-hydrogen) atoms. The minimum absolute atomic E-state index is 0.0506. The maximum absolute atomic E-state index is 12.5. The van der Waals surface area contributed by atoms with Crippen LogP contribution in [0.2, 0.25) is 0 Å². The lowest BCUT2D eigenvalue weighted by atomic mass is 10.0. The minimum atomic E-state index is -4.38. The van der Waals surface area contributed by atoms with Gasteiger partial charge in [-0.3, -0.25) is 18.6 Å². The SMILES string of the molecule is CC/C=C/C/C=C/C/C=C/CCCCCCCC(=O)O[C@H](COC(=O)CCCCCCCCCCCCCCCCC)COP(=O)(O)OCCN. The van der Waals surface area contributed by atoms with Crippen molar-refractivity contribution in [3.63, 3.8) is 0 Å². The molecular weight excluding hydrogens is 665 g/mol. The molecule has 0 amide bonds. The topological polar surface area (TPSA) is 134 Å². The number of esters is 2. The van der Waals surface area contributed by atoms with Gasteiger partial charge in [-0.05, 0) is 44.9 Å². The molecule has 3 N–H and O–H groups in total. The van der Waals surface area contributed by atoms with E-state index in [1.54, 1.807) is 0 Å². The van der Waals surface area contributed by atoms with Gasteiger partial charge in [0.15, 0.2) is 6.10 Å². The Morgan fingerprint density at radius 1 is 0.608 bits per heavy atom. The van der Waals surface area contributed by atoms with E-state index in [1.165, 1.54) is 77.0 Å². The summed E-state index contributed by atoms with van der Waals surface area (Å²) >= 11 is 0. The molecule has 0 fully saturated rings. The molecule has 298 valence electrons. The molecule has 0 heterocycles. The number of phosphoric ester groups is 1. The van der Waals surface area contributed by atoms with Crippen LogP contribution in [0.1, 0.15) is 181 Å². The van der Waals surface area contributed by atoms with Gasteiger partial charge in [0.1, 0.15) is 6.61 Å². The number of nitrogens with two attached hydrogens (primary N) is 1. The zero-order chi connectivity index (χ0) is 37.5. The Morgan fingerprint density at radius 2 is 1.08 bits per heavy atom. The van der Waals surface area contributed by atoms with Crippen LogP contribution in [0.15, 0.2) is 36.5 Å². The van der Waals surface area contributed by atoms with Crippen LogP contribution in [0.3, 0.4) is 0 Å². The highest BCUT2D eigenvalue weighted by molar-refractivity contribution is 7.47. The molecular formula is C41H76NO8P. The maximum Gasteiger partial charge on any atom is 0.472 e. The third-order valence-corrected chi connectivity index (χ3v) is 9.52. The molecule has 0 aliphatic carbocycles. The summed E-state index contributed by atoms with van der Waals surface area (Å²) in [5, 5.41) is 0. The summed E-state index contributed by atoms with van der Waals surface area (Å²) in [6, 6.07) is 0. The monoisotopic (exact) mass is 742 g/mol. The van der Waals surface area contributed by atoms with Crippen LogP contribution in [0.25, 0.3) is 0 Å². The first-order chi connectivity index (χ1) is 24.8. The van der Waals surface area contributed by atoms with Gasteiger partial charge in [-0.1, -0.05) is 159 Å².